The topological polar surface area (TPSA) is 40.7 Å². The van der Waals surface area contributed by atoms with E-state index in [0.29, 0.717) is 6.04 Å². The van der Waals surface area contributed by atoms with Crippen LogP contribution in [0.2, 0.25) is 5.02 Å². The molecule has 88 valence electrons. The van der Waals surface area contributed by atoms with Crippen molar-refractivity contribution in [2.24, 2.45) is 0 Å². The van der Waals surface area contributed by atoms with Gasteiger partial charge < -0.3 is 10.3 Å². The Hall–Kier alpha value is -1.32. The molecule has 2 N–H and O–H groups in total. The van der Waals surface area contributed by atoms with Gasteiger partial charge in [-0.05, 0) is 31.5 Å². The van der Waals surface area contributed by atoms with Gasteiger partial charge in [0.05, 0.1) is 11.7 Å². The van der Waals surface area contributed by atoms with Gasteiger partial charge in [0.15, 0.2) is 0 Å². The summed E-state index contributed by atoms with van der Waals surface area (Å²) in [5.41, 5.74) is 2.01. The quantitative estimate of drug-likeness (QED) is 0.856. The Morgan fingerprint density at radius 1 is 1.35 bits per heavy atom. The molecule has 3 rings (SSSR count). The first-order chi connectivity index (χ1) is 8.33. The van der Waals surface area contributed by atoms with Gasteiger partial charge in [-0.15, -0.1) is 0 Å². The van der Waals surface area contributed by atoms with Gasteiger partial charge in [-0.2, -0.15) is 0 Å². The number of nitrogens with zero attached hydrogens (tertiary/aromatic N) is 1. The Kier molecular flexibility index (Phi) is 2.87. The maximum atomic E-state index is 5.98. The number of H-pyrrole nitrogens is 1. The van der Waals surface area contributed by atoms with Crippen LogP contribution in [0.1, 0.15) is 24.7 Å². The average Bonchev–Trinajstić information content (AvgIpc) is 3.00. The number of halogens is 1. The fraction of sp³-hybridized carbons (Fsp3) is 0.308. The highest BCUT2D eigenvalue weighted by molar-refractivity contribution is 6.30. The highest BCUT2D eigenvalue weighted by Gasteiger charge is 2.19. The van der Waals surface area contributed by atoms with Crippen molar-refractivity contribution in [3.8, 4) is 11.3 Å². The van der Waals surface area contributed by atoms with Crippen LogP contribution < -0.4 is 5.32 Å². The van der Waals surface area contributed by atoms with Gasteiger partial charge in [0, 0.05) is 16.8 Å². The Morgan fingerprint density at radius 3 is 3.06 bits per heavy atom. The number of hydrogen-bond donors (Lipinski definition) is 2. The highest BCUT2D eigenvalue weighted by Crippen LogP contribution is 2.25. The lowest BCUT2D eigenvalue weighted by Crippen LogP contribution is -2.14. The summed E-state index contributed by atoms with van der Waals surface area (Å²) in [6, 6.07) is 8.15. The van der Waals surface area contributed by atoms with Crippen LogP contribution in [0.3, 0.4) is 0 Å². The second-order valence-corrected chi connectivity index (χ2v) is 4.77. The van der Waals surface area contributed by atoms with Gasteiger partial charge >= 0.3 is 0 Å². The lowest BCUT2D eigenvalue weighted by Gasteiger charge is -2.04. The maximum Gasteiger partial charge on any atom is 0.124 e. The summed E-state index contributed by atoms with van der Waals surface area (Å²) in [4.78, 5) is 7.88. The molecular formula is C13H14ClN3. The lowest BCUT2D eigenvalue weighted by molar-refractivity contribution is 0.613. The van der Waals surface area contributed by atoms with Crippen LogP contribution in [0.5, 0.6) is 0 Å². The SMILES string of the molecule is Clc1cccc(-c2c[nH]c([C@@H]3CCCN3)n2)c1. The van der Waals surface area contributed by atoms with E-state index in [4.69, 9.17) is 11.6 Å². The van der Waals surface area contributed by atoms with Crippen molar-refractivity contribution in [1.82, 2.24) is 15.3 Å². The molecule has 1 aliphatic rings. The minimum atomic E-state index is 0.378. The van der Waals surface area contributed by atoms with Crippen LogP contribution >= 0.6 is 11.6 Å². The van der Waals surface area contributed by atoms with E-state index in [0.717, 1.165) is 35.1 Å². The molecule has 4 heteroatoms. The molecule has 0 bridgehead atoms. The minimum absolute atomic E-state index is 0.378. The van der Waals surface area contributed by atoms with E-state index in [1.807, 2.05) is 30.5 Å². The predicted octanol–water partition coefficient (Wildman–Crippen LogP) is 3.15. The van der Waals surface area contributed by atoms with E-state index in [-0.39, 0.29) is 0 Å². The molecule has 0 spiro atoms. The van der Waals surface area contributed by atoms with Crippen LogP contribution in [0.25, 0.3) is 11.3 Å². The monoisotopic (exact) mass is 247 g/mol. The van der Waals surface area contributed by atoms with Crippen LogP contribution in [-0.4, -0.2) is 16.5 Å². The fourth-order valence-corrected chi connectivity index (χ4v) is 2.42. The van der Waals surface area contributed by atoms with E-state index in [1.54, 1.807) is 0 Å². The number of aromatic amines is 1. The molecule has 0 radical (unpaired) electrons. The van der Waals surface area contributed by atoms with Crippen molar-refractivity contribution in [2.75, 3.05) is 6.54 Å². The summed E-state index contributed by atoms with van der Waals surface area (Å²) in [6.07, 6.45) is 4.32. The van der Waals surface area contributed by atoms with Gasteiger partial charge in [-0.25, -0.2) is 4.98 Å². The molecule has 1 aromatic carbocycles. The molecule has 2 heterocycles. The van der Waals surface area contributed by atoms with Gasteiger partial charge in [-0.3, -0.25) is 0 Å². The number of aromatic nitrogens is 2. The first-order valence-corrected chi connectivity index (χ1v) is 6.25. The summed E-state index contributed by atoms with van der Waals surface area (Å²) in [7, 11) is 0. The summed E-state index contributed by atoms with van der Waals surface area (Å²) < 4.78 is 0. The number of rotatable bonds is 2. The van der Waals surface area contributed by atoms with Crippen molar-refractivity contribution in [3.63, 3.8) is 0 Å². The third kappa shape index (κ3) is 2.21. The van der Waals surface area contributed by atoms with Gasteiger partial charge in [-0.1, -0.05) is 23.7 Å². The van der Waals surface area contributed by atoms with Crippen molar-refractivity contribution >= 4 is 11.6 Å². The molecule has 0 amide bonds. The molecule has 1 saturated heterocycles. The Bertz CT molecular complexity index is 515. The van der Waals surface area contributed by atoms with Crippen LogP contribution in [-0.2, 0) is 0 Å². The molecule has 1 atom stereocenters. The summed E-state index contributed by atoms with van der Waals surface area (Å²) >= 11 is 5.98. The lowest BCUT2D eigenvalue weighted by atomic mass is 10.2. The molecule has 17 heavy (non-hydrogen) atoms. The van der Waals surface area contributed by atoms with Crippen LogP contribution in [0, 0.1) is 0 Å². The third-order valence-electron chi connectivity index (χ3n) is 3.11. The van der Waals surface area contributed by atoms with Crippen LogP contribution in [0.4, 0.5) is 0 Å². The van der Waals surface area contributed by atoms with Crippen molar-refractivity contribution in [3.05, 3.63) is 41.3 Å². The molecule has 1 fully saturated rings. The Morgan fingerprint density at radius 2 is 2.29 bits per heavy atom. The van der Waals surface area contributed by atoms with E-state index in [1.165, 1.54) is 6.42 Å². The van der Waals surface area contributed by atoms with Crippen molar-refractivity contribution in [1.29, 1.82) is 0 Å². The van der Waals surface area contributed by atoms with Crippen LogP contribution in [0.15, 0.2) is 30.5 Å². The van der Waals surface area contributed by atoms with E-state index in [9.17, 15) is 0 Å². The number of benzene rings is 1. The first kappa shape index (κ1) is 10.8. The average molecular weight is 248 g/mol. The molecule has 3 nitrogen and oxygen atoms in total. The van der Waals surface area contributed by atoms with Crippen molar-refractivity contribution in [2.45, 2.75) is 18.9 Å². The summed E-state index contributed by atoms with van der Waals surface area (Å²) in [6.45, 7) is 1.08. The predicted molar refractivity (Wildman–Crippen MR) is 69.0 cm³/mol. The molecule has 2 aromatic rings. The molecular weight excluding hydrogens is 234 g/mol. The zero-order valence-electron chi connectivity index (χ0n) is 9.41. The first-order valence-electron chi connectivity index (χ1n) is 5.87. The maximum absolute atomic E-state index is 5.98. The normalized spacial score (nSPS) is 19.7. The number of imidazole rings is 1. The highest BCUT2D eigenvalue weighted by atomic mass is 35.5. The Balaban J connectivity index is 1.89. The fourth-order valence-electron chi connectivity index (χ4n) is 2.23. The summed E-state index contributed by atoms with van der Waals surface area (Å²) in [5.74, 6) is 1.03. The second-order valence-electron chi connectivity index (χ2n) is 4.33. The molecule has 0 unspecified atom stereocenters. The molecule has 0 saturated carbocycles. The molecule has 0 aliphatic carbocycles. The van der Waals surface area contributed by atoms with E-state index < -0.39 is 0 Å². The van der Waals surface area contributed by atoms with E-state index >= 15 is 0 Å². The largest absolute Gasteiger partial charge is 0.347 e. The minimum Gasteiger partial charge on any atom is -0.347 e. The van der Waals surface area contributed by atoms with Crippen molar-refractivity contribution < 1.29 is 0 Å². The number of hydrogen-bond acceptors (Lipinski definition) is 2. The number of nitrogens with one attached hydrogen (secondary N) is 2. The van der Waals surface area contributed by atoms with Gasteiger partial charge in [0.2, 0.25) is 0 Å². The van der Waals surface area contributed by atoms with Gasteiger partial charge in [0.25, 0.3) is 0 Å². The third-order valence-corrected chi connectivity index (χ3v) is 3.34. The zero-order chi connectivity index (χ0) is 11.7. The van der Waals surface area contributed by atoms with E-state index in [2.05, 4.69) is 15.3 Å². The smallest absolute Gasteiger partial charge is 0.124 e. The standard InChI is InChI=1S/C13H14ClN3/c14-10-4-1-3-9(7-10)12-8-16-13(17-12)11-5-2-6-15-11/h1,3-4,7-8,11,15H,2,5-6H2,(H,16,17)/t11-/m0/s1. The molecule has 1 aliphatic heterocycles. The zero-order valence-corrected chi connectivity index (χ0v) is 10.2. The summed E-state index contributed by atoms with van der Waals surface area (Å²) in [5, 5.41) is 4.17. The molecule has 1 aromatic heterocycles. The second kappa shape index (κ2) is 4.51. The Labute approximate surface area is 105 Å². The van der Waals surface area contributed by atoms with Gasteiger partial charge in [0.1, 0.15) is 5.82 Å².